The Hall–Kier alpha value is -2.11. The molecule has 0 aliphatic carbocycles. The Labute approximate surface area is 125 Å². The fourth-order valence-electron chi connectivity index (χ4n) is 1.71. The summed E-state index contributed by atoms with van der Waals surface area (Å²) >= 11 is 0. The summed E-state index contributed by atoms with van der Waals surface area (Å²) in [6, 6.07) is 4.95. The van der Waals surface area contributed by atoms with Crippen molar-refractivity contribution in [1.29, 1.82) is 0 Å². The SMILES string of the molecule is CCCNC(=O)CNC(=NC)NCc1ccc(F)c(C)c1. The number of guanidine groups is 1. The van der Waals surface area contributed by atoms with Gasteiger partial charge in [0.2, 0.25) is 5.91 Å². The van der Waals surface area contributed by atoms with E-state index in [9.17, 15) is 9.18 Å². The highest BCUT2D eigenvalue weighted by Crippen LogP contribution is 2.08. The maximum atomic E-state index is 13.2. The van der Waals surface area contributed by atoms with Gasteiger partial charge in [-0.2, -0.15) is 0 Å². The summed E-state index contributed by atoms with van der Waals surface area (Å²) in [5, 5.41) is 8.78. The molecule has 1 rings (SSSR count). The first-order valence-electron chi connectivity index (χ1n) is 7.03. The van der Waals surface area contributed by atoms with Crippen molar-refractivity contribution in [1.82, 2.24) is 16.0 Å². The molecule has 0 saturated heterocycles. The van der Waals surface area contributed by atoms with E-state index in [2.05, 4.69) is 20.9 Å². The van der Waals surface area contributed by atoms with Crippen LogP contribution in [0.25, 0.3) is 0 Å². The lowest BCUT2D eigenvalue weighted by Crippen LogP contribution is -2.43. The Morgan fingerprint density at radius 2 is 2.05 bits per heavy atom. The second-order valence-corrected chi connectivity index (χ2v) is 4.71. The van der Waals surface area contributed by atoms with E-state index >= 15 is 0 Å². The van der Waals surface area contributed by atoms with E-state index < -0.39 is 0 Å². The molecule has 0 aliphatic heterocycles. The predicted molar refractivity (Wildman–Crippen MR) is 82.6 cm³/mol. The quantitative estimate of drug-likeness (QED) is 0.548. The summed E-state index contributed by atoms with van der Waals surface area (Å²) < 4.78 is 13.2. The summed E-state index contributed by atoms with van der Waals surface area (Å²) in [5.74, 6) is 0.245. The molecule has 116 valence electrons. The zero-order valence-electron chi connectivity index (χ0n) is 12.8. The topological polar surface area (TPSA) is 65.5 Å². The Morgan fingerprint density at radius 3 is 2.67 bits per heavy atom. The number of hydrogen-bond acceptors (Lipinski definition) is 2. The van der Waals surface area contributed by atoms with Crippen LogP contribution in [-0.4, -0.2) is 32.0 Å². The van der Waals surface area contributed by atoms with Crippen LogP contribution in [0.3, 0.4) is 0 Å². The van der Waals surface area contributed by atoms with E-state index in [1.165, 1.54) is 6.07 Å². The van der Waals surface area contributed by atoms with E-state index in [0.29, 0.717) is 24.6 Å². The smallest absolute Gasteiger partial charge is 0.239 e. The molecule has 1 amide bonds. The summed E-state index contributed by atoms with van der Waals surface area (Å²) in [4.78, 5) is 15.5. The fraction of sp³-hybridized carbons (Fsp3) is 0.467. The number of nitrogens with zero attached hydrogens (tertiary/aromatic N) is 1. The van der Waals surface area contributed by atoms with Gasteiger partial charge in [-0.15, -0.1) is 0 Å². The molecule has 0 fully saturated rings. The van der Waals surface area contributed by atoms with Gasteiger partial charge in [0.25, 0.3) is 0 Å². The van der Waals surface area contributed by atoms with Crippen molar-refractivity contribution in [3.8, 4) is 0 Å². The van der Waals surface area contributed by atoms with Gasteiger partial charge in [-0.05, 0) is 30.5 Å². The van der Waals surface area contributed by atoms with Crippen molar-refractivity contribution in [2.45, 2.75) is 26.8 Å². The molecule has 3 N–H and O–H groups in total. The molecule has 0 bridgehead atoms. The predicted octanol–water partition coefficient (Wildman–Crippen LogP) is 1.33. The Kier molecular flexibility index (Phi) is 7.21. The van der Waals surface area contributed by atoms with Gasteiger partial charge in [-0.25, -0.2) is 4.39 Å². The van der Waals surface area contributed by atoms with Gasteiger partial charge in [0.05, 0.1) is 6.54 Å². The van der Waals surface area contributed by atoms with E-state index in [4.69, 9.17) is 0 Å². The number of amides is 1. The normalized spacial score (nSPS) is 11.1. The molecule has 0 aromatic heterocycles. The summed E-state index contributed by atoms with van der Waals surface area (Å²) in [7, 11) is 1.63. The molecule has 0 radical (unpaired) electrons. The second kappa shape index (κ2) is 8.94. The van der Waals surface area contributed by atoms with Crippen LogP contribution in [0.15, 0.2) is 23.2 Å². The third kappa shape index (κ3) is 6.25. The van der Waals surface area contributed by atoms with Gasteiger partial charge in [-0.3, -0.25) is 9.79 Å². The van der Waals surface area contributed by atoms with E-state index in [0.717, 1.165) is 12.0 Å². The van der Waals surface area contributed by atoms with Crippen LogP contribution in [0, 0.1) is 12.7 Å². The van der Waals surface area contributed by atoms with Crippen LogP contribution < -0.4 is 16.0 Å². The zero-order chi connectivity index (χ0) is 15.7. The van der Waals surface area contributed by atoms with Crippen LogP contribution in [0.5, 0.6) is 0 Å². The number of carbonyl (C=O) groups excluding carboxylic acids is 1. The van der Waals surface area contributed by atoms with E-state index in [-0.39, 0.29) is 18.3 Å². The van der Waals surface area contributed by atoms with Gasteiger partial charge < -0.3 is 16.0 Å². The number of benzene rings is 1. The van der Waals surface area contributed by atoms with Crippen molar-refractivity contribution >= 4 is 11.9 Å². The third-order valence-corrected chi connectivity index (χ3v) is 2.89. The maximum Gasteiger partial charge on any atom is 0.239 e. The minimum atomic E-state index is -0.214. The molecule has 0 unspecified atom stereocenters. The number of halogens is 1. The first-order chi connectivity index (χ1) is 10.1. The Bertz CT molecular complexity index is 502. The molecular formula is C15H23FN4O. The molecule has 1 aromatic carbocycles. The van der Waals surface area contributed by atoms with Crippen LogP contribution >= 0.6 is 0 Å². The summed E-state index contributed by atoms with van der Waals surface area (Å²) in [6.07, 6.45) is 0.905. The molecule has 0 saturated carbocycles. The van der Waals surface area contributed by atoms with Crippen molar-refractivity contribution < 1.29 is 9.18 Å². The largest absolute Gasteiger partial charge is 0.355 e. The van der Waals surface area contributed by atoms with E-state index in [1.54, 1.807) is 26.1 Å². The molecule has 6 heteroatoms. The maximum absolute atomic E-state index is 13.2. The average Bonchev–Trinajstić information content (AvgIpc) is 2.48. The van der Waals surface area contributed by atoms with Gasteiger partial charge >= 0.3 is 0 Å². The van der Waals surface area contributed by atoms with Crippen LogP contribution in [0.1, 0.15) is 24.5 Å². The Morgan fingerprint density at radius 1 is 1.29 bits per heavy atom. The Balaban J connectivity index is 2.40. The molecule has 0 aliphatic rings. The molecule has 1 aromatic rings. The second-order valence-electron chi connectivity index (χ2n) is 4.71. The number of aryl methyl sites for hydroxylation is 1. The van der Waals surface area contributed by atoms with Gasteiger partial charge in [-0.1, -0.05) is 19.1 Å². The van der Waals surface area contributed by atoms with Gasteiger partial charge in [0.1, 0.15) is 5.82 Å². The first-order valence-corrected chi connectivity index (χ1v) is 7.03. The number of aliphatic imine (C=N–C) groups is 1. The fourth-order valence-corrected chi connectivity index (χ4v) is 1.71. The van der Waals surface area contributed by atoms with Crippen LogP contribution in [-0.2, 0) is 11.3 Å². The minimum absolute atomic E-state index is 0.0718. The number of carbonyl (C=O) groups is 1. The van der Waals surface area contributed by atoms with Crippen molar-refractivity contribution in [3.05, 3.63) is 35.1 Å². The number of hydrogen-bond donors (Lipinski definition) is 3. The van der Waals surface area contributed by atoms with Crippen LogP contribution in [0.2, 0.25) is 0 Å². The third-order valence-electron chi connectivity index (χ3n) is 2.89. The molecule has 0 spiro atoms. The zero-order valence-corrected chi connectivity index (χ0v) is 12.8. The van der Waals surface area contributed by atoms with Crippen LogP contribution in [0.4, 0.5) is 4.39 Å². The number of rotatable bonds is 6. The molecular weight excluding hydrogens is 271 g/mol. The first kappa shape index (κ1) is 16.9. The molecule has 0 heterocycles. The van der Waals surface area contributed by atoms with E-state index in [1.807, 2.05) is 6.92 Å². The lowest BCUT2D eigenvalue weighted by Gasteiger charge is -2.12. The lowest BCUT2D eigenvalue weighted by atomic mass is 10.1. The van der Waals surface area contributed by atoms with Crippen molar-refractivity contribution in [2.75, 3.05) is 20.1 Å². The number of nitrogens with one attached hydrogen (secondary N) is 3. The molecule has 21 heavy (non-hydrogen) atoms. The highest BCUT2D eigenvalue weighted by atomic mass is 19.1. The van der Waals surface area contributed by atoms with Crippen molar-refractivity contribution in [2.24, 2.45) is 4.99 Å². The van der Waals surface area contributed by atoms with Gasteiger partial charge in [0.15, 0.2) is 5.96 Å². The highest BCUT2D eigenvalue weighted by molar-refractivity contribution is 5.86. The standard InChI is InChI=1S/C15H23FN4O/c1-4-7-18-14(21)10-20-15(17-3)19-9-12-5-6-13(16)11(2)8-12/h5-6,8H,4,7,9-10H2,1-3H3,(H,18,21)(H2,17,19,20). The minimum Gasteiger partial charge on any atom is -0.355 e. The monoisotopic (exact) mass is 294 g/mol. The molecule has 0 atom stereocenters. The lowest BCUT2D eigenvalue weighted by molar-refractivity contribution is -0.120. The average molecular weight is 294 g/mol. The summed E-state index contributed by atoms with van der Waals surface area (Å²) in [5.41, 5.74) is 1.56. The van der Waals surface area contributed by atoms with Crippen molar-refractivity contribution in [3.63, 3.8) is 0 Å². The highest BCUT2D eigenvalue weighted by Gasteiger charge is 2.04. The summed E-state index contributed by atoms with van der Waals surface area (Å²) in [6.45, 7) is 5.07. The molecule has 5 nitrogen and oxygen atoms in total. The van der Waals surface area contributed by atoms with Gasteiger partial charge in [0, 0.05) is 20.1 Å².